The lowest BCUT2D eigenvalue weighted by Gasteiger charge is -2.23. The molecule has 1 heterocycles. The van der Waals surface area contributed by atoms with Gasteiger partial charge in [0.2, 0.25) is 0 Å². The van der Waals surface area contributed by atoms with Crippen LogP contribution in [0.25, 0.3) is 0 Å². The van der Waals surface area contributed by atoms with Crippen molar-refractivity contribution in [2.75, 3.05) is 46.2 Å². The van der Waals surface area contributed by atoms with Gasteiger partial charge in [-0.25, -0.2) is 0 Å². The van der Waals surface area contributed by atoms with E-state index >= 15 is 0 Å². The maximum absolute atomic E-state index is 5.66. The van der Waals surface area contributed by atoms with Crippen LogP contribution in [0.5, 0.6) is 0 Å². The molecular weight excluding hydrogens is 218 g/mol. The molecule has 17 heavy (non-hydrogen) atoms. The quantitative estimate of drug-likeness (QED) is 0.591. The van der Waals surface area contributed by atoms with Gasteiger partial charge in [-0.2, -0.15) is 0 Å². The van der Waals surface area contributed by atoms with E-state index in [9.17, 15) is 0 Å². The Morgan fingerprint density at radius 1 is 1.29 bits per heavy atom. The van der Waals surface area contributed by atoms with Gasteiger partial charge in [0.15, 0.2) is 0 Å². The molecule has 0 radical (unpaired) electrons. The predicted octanol–water partition coefficient (Wildman–Crippen LogP) is 1.44. The van der Waals surface area contributed by atoms with Crippen molar-refractivity contribution in [2.45, 2.75) is 32.7 Å². The Kier molecular flexibility index (Phi) is 8.61. The fraction of sp³-hybridized carbons (Fsp3) is 1.00. The average Bonchev–Trinajstić information content (AvgIpc) is 2.86. The predicted molar refractivity (Wildman–Crippen MR) is 68.3 cm³/mol. The smallest absolute Gasteiger partial charge is 0.0701 e. The molecule has 0 bridgehead atoms. The van der Waals surface area contributed by atoms with Gasteiger partial charge in [-0.15, -0.1) is 0 Å². The zero-order valence-electron chi connectivity index (χ0n) is 11.2. The van der Waals surface area contributed by atoms with E-state index in [1.807, 2.05) is 6.92 Å². The molecule has 0 amide bonds. The second-order valence-corrected chi connectivity index (χ2v) is 4.46. The largest absolute Gasteiger partial charge is 0.381 e. The van der Waals surface area contributed by atoms with Gasteiger partial charge in [0.1, 0.15) is 0 Å². The highest BCUT2D eigenvalue weighted by molar-refractivity contribution is 4.79. The Hall–Kier alpha value is -0.160. The summed E-state index contributed by atoms with van der Waals surface area (Å²) in [5, 5.41) is 3.56. The van der Waals surface area contributed by atoms with Gasteiger partial charge in [-0.1, -0.05) is 6.92 Å². The van der Waals surface area contributed by atoms with Gasteiger partial charge < -0.3 is 19.5 Å². The highest BCUT2D eigenvalue weighted by atomic mass is 16.5. The Balaban J connectivity index is 2.15. The molecule has 1 fully saturated rings. The number of hydrogen-bond donors (Lipinski definition) is 1. The Bertz CT molecular complexity index is 172. The van der Waals surface area contributed by atoms with E-state index < -0.39 is 0 Å². The first kappa shape index (κ1) is 14.9. The fourth-order valence-corrected chi connectivity index (χ4v) is 2.03. The molecule has 0 aromatic rings. The fourth-order valence-electron chi connectivity index (χ4n) is 2.03. The first-order chi connectivity index (χ1) is 8.38. The van der Waals surface area contributed by atoms with E-state index in [2.05, 4.69) is 12.2 Å². The standard InChI is InChI=1S/C13H27NO3/c1-3-6-14-13(12-5-7-16-10-12)11-17-9-8-15-4-2/h12-14H,3-11H2,1-2H3. The molecule has 2 atom stereocenters. The van der Waals surface area contributed by atoms with Crippen molar-refractivity contribution >= 4 is 0 Å². The molecular formula is C13H27NO3. The van der Waals surface area contributed by atoms with Crippen molar-refractivity contribution < 1.29 is 14.2 Å². The zero-order chi connectivity index (χ0) is 12.3. The topological polar surface area (TPSA) is 39.7 Å². The van der Waals surface area contributed by atoms with Crippen LogP contribution in [0.1, 0.15) is 26.7 Å². The van der Waals surface area contributed by atoms with E-state index in [4.69, 9.17) is 14.2 Å². The van der Waals surface area contributed by atoms with Crippen molar-refractivity contribution in [3.05, 3.63) is 0 Å². The van der Waals surface area contributed by atoms with Crippen LogP contribution in [0, 0.1) is 5.92 Å². The second-order valence-electron chi connectivity index (χ2n) is 4.46. The van der Waals surface area contributed by atoms with E-state index in [0.717, 1.165) is 45.8 Å². The van der Waals surface area contributed by atoms with Crippen LogP contribution in [0.2, 0.25) is 0 Å². The molecule has 1 saturated heterocycles. The van der Waals surface area contributed by atoms with Crippen LogP contribution in [-0.4, -0.2) is 52.2 Å². The summed E-state index contributed by atoms with van der Waals surface area (Å²) in [6.07, 6.45) is 2.30. The summed E-state index contributed by atoms with van der Waals surface area (Å²) in [4.78, 5) is 0. The van der Waals surface area contributed by atoms with Crippen LogP contribution < -0.4 is 5.32 Å². The minimum atomic E-state index is 0.430. The molecule has 1 rings (SSSR count). The molecule has 2 unspecified atom stereocenters. The van der Waals surface area contributed by atoms with Gasteiger partial charge >= 0.3 is 0 Å². The Morgan fingerprint density at radius 3 is 2.76 bits per heavy atom. The van der Waals surface area contributed by atoms with Crippen molar-refractivity contribution in [3.8, 4) is 0 Å². The van der Waals surface area contributed by atoms with Crippen LogP contribution in [-0.2, 0) is 14.2 Å². The molecule has 0 spiro atoms. The van der Waals surface area contributed by atoms with E-state index in [0.29, 0.717) is 25.2 Å². The molecule has 0 aromatic heterocycles. The third-order valence-electron chi connectivity index (χ3n) is 3.06. The molecule has 1 aliphatic heterocycles. The monoisotopic (exact) mass is 245 g/mol. The van der Waals surface area contributed by atoms with Gasteiger partial charge in [0, 0.05) is 25.2 Å². The lowest BCUT2D eigenvalue weighted by atomic mass is 9.99. The summed E-state index contributed by atoms with van der Waals surface area (Å²) >= 11 is 0. The van der Waals surface area contributed by atoms with E-state index in [1.165, 1.54) is 0 Å². The number of nitrogens with one attached hydrogen (secondary N) is 1. The summed E-state index contributed by atoms with van der Waals surface area (Å²) in [6, 6.07) is 0.430. The molecule has 0 aliphatic carbocycles. The lowest BCUT2D eigenvalue weighted by Crippen LogP contribution is -2.41. The molecule has 1 N–H and O–H groups in total. The SMILES string of the molecule is CCCNC(COCCOCC)C1CCOC1. The Labute approximate surface area is 105 Å². The maximum Gasteiger partial charge on any atom is 0.0701 e. The van der Waals surface area contributed by atoms with Crippen LogP contribution in [0.3, 0.4) is 0 Å². The third kappa shape index (κ3) is 6.36. The summed E-state index contributed by atoms with van der Waals surface area (Å²) in [7, 11) is 0. The zero-order valence-corrected chi connectivity index (χ0v) is 11.2. The highest BCUT2D eigenvalue weighted by Crippen LogP contribution is 2.17. The second kappa shape index (κ2) is 9.83. The van der Waals surface area contributed by atoms with Crippen molar-refractivity contribution in [2.24, 2.45) is 5.92 Å². The average molecular weight is 245 g/mol. The lowest BCUT2D eigenvalue weighted by molar-refractivity contribution is 0.0347. The van der Waals surface area contributed by atoms with Gasteiger partial charge in [-0.3, -0.25) is 0 Å². The van der Waals surface area contributed by atoms with Gasteiger partial charge in [0.25, 0.3) is 0 Å². The highest BCUT2D eigenvalue weighted by Gasteiger charge is 2.25. The maximum atomic E-state index is 5.66. The summed E-state index contributed by atoms with van der Waals surface area (Å²) < 4.78 is 16.4. The van der Waals surface area contributed by atoms with E-state index in [-0.39, 0.29) is 0 Å². The van der Waals surface area contributed by atoms with Crippen LogP contribution in [0.15, 0.2) is 0 Å². The van der Waals surface area contributed by atoms with E-state index in [1.54, 1.807) is 0 Å². The van der Waals surface area contributed by atoms with Crippen molar-refractivity contribution in [3.63, 3.8) is 0 Å². The van der Waals surface area contributed by atoms with Crippen LogP contribution >= 0.6 is 0 Å². The summed E-state index contributed by atoms with van der Waals surface area (Å²) in [6.45, 7) is 9.91. The molecule has 1 aliphatic rings. The molecule has 0 aromatic carbocycles. The molecule has 4 nitrogen and oxygen atoms in total. The van der Waals surface area contributed by atoms with Gasteiger partial charge in [0.05, 0.1) is 26.4 Å². The summed E-state index contributed by atoms with van der Waals surface area (Å²) in [5.74, 6) is 0.605. The molecule has 0 saturated carbocycles. The molecule has 102 valence electrons. The number of rotatable bonds is 10. The number of hydrogen-bond acceptors (Lipinski definition) is 4. The summed E-state index contributed by atoms with van der Waals surface area (Å²) in [5.41, 5.74) is 0. The normalized spacial score (nSPS) is 21.9. The number of ether oxygens (including phenoxy) is 3. The minimum absolute atomic E-state index is 0.430. The first-order valence-electron chi connectivity index (χ1n) is 6.85. The first-order valence-corrected chi connectivity index (χ1v) is 6.85. The molecule has 4 heteroatoms. The third-order valence-corrected chi connectivity index (χ3v) is 3.06. The van der Waals surface area contributed by atoms with Crippen LogP contribution in [0.4, 0.5) is 0 Å². The van der Waals surface area contributed by atoms with Crippen molar-refractivity contribution in [1.82, 2.24) is 5.32 Å². The van der Waals surface area contributed by atoms with Gasteiger partial charge in [-0.05, 0) is 26.3 Å². The minimum Gasteiger partial charge on any atom is -0.381 e. The Morgan fingerprint density at radius 2 is 2.12 bits per heavy atom. The van der Waals surface area contributed by atoms with Crippen molar-refractivity contribution in [1.29, 1.82) is 0 Å².